The van der Waals surface area contributed by atoms with Gasteiger partial charge in [0.05, 0.1) is 23.5 Å². The van der Waals surface area contributed by atoms with E-state index in [1.165, 1.54) is 6.92 Å². The molecular weight excluding hydrogens is 382 g/mol. The number of aliphatic hydroxyl groups excluding tert-OH is 1. The average molecular weight is 405 g/mol. The lowest BCUT2D eigenvalue weighted by Crippen LogP contribution is -2.15. The number of carbonyl (C=O) groups excluding carboxylic acids is 1. The summed E-state index contributed by atoms with van der Waals surface area (Å²) in [6.45, 7) is 5.67. The smallest absolute Gasteiger partial charge is 0.236 e. The third-order valence-corrected chi connectivity index (χ3v) is 4.11. The van der Waals surface area contributed by atoms with Crippen LogP contribution in [-0.4, -0.2) is 48.3 Å². The fourth-order valence-electron chi connectivity index (χ4n) is 2.78. The highest BCUT2D eigenvalue weighted by atomic mass is 16.2. The van der Waals surface area contributed by atoms with E-state index in [1.807, 2.05) is 36.4 Å². The monoisotopic (exact) mass is 405 g/mol. The first kappa shape index (κ1) is 21.0. The Morgan fingerprint density at radius 3 is 2.70 bits per heavy atom. The largest absolute Gasteiger partial charge is 0.397 e. The first-order valence-corrected chi connectivity index (χ1v) is 9.47. The normalized spacial score (nSPS) is 11.3. The van der Waals surface area contributed by atoms with Gasteiger partial charge in [-0.15, -0.1) is 5.10 Å². The lowest BCUT2D eigenvalue weighted by atomic mass is 10.1. The molecule has 3 heterocycles. The fraction of sp³-hybridized carbons (Fsp3) is 0.238. The molecule has 0 atom stereocenters. The highest BCUT2D eigenvalue weighted by molar-refractivity contribution is 5.98. The molecule has 0 spiro atoms. The van der Waals surface area contributed by atoms with Crippen molar-refractivity contribution in [3.05, 3.63) is 59.9 Å². The van der Waals surface area contributed by atoms with Crippen LogP contribution in [0.15, 0.2) is 53.8 Å². The molecule has 4 aromatic rings. The summed E-state index contributed by atoms with van der Waals surface area (Å²) in [5.74, 6) is -0.229. The summed E-state index contributed by atoms with van der Waals surface area (Å²) in [6, 6.07) is 13.7. The highest BCUT2D eigenvalue weighted by Crippen LogP contribution is 2.16. The number of rotatable bonds is 4. The number of aliphatic hydroxyl groups is 1. The minimum atomic E-state index is -0.229. The van der Waals surface area contributed by atoms with Crippen LogP contribution >= 0.6 is 0 Å². The summed E-state index contributed by atoms with van der Waals surface area (Å²) < 4.78 is 1.75. The highest BCUT2D eigenvalue weighted by Gasteiger charge is 2.10. The number of hydrogen-bond donors (Lipinski definition) is 2. The molecule has 9 heteroatoms. The van der Waals surface area contributed by atoms with Gasteiger partial charge in [-0.1, -0.05) is 17.3 Å². The Hall–Kier alpha value is -3.72. The van der Waals surface area contributed by atoms with E-state index in [1.54, 1.807) is 24.7 Å². The third-order valence-electron chi connectivity index (χ3n) is 4.11. The first-order valence-electron chi connectivity index (χ1n) is 9.47. The molecule has 0 aliphatic rings. The van der Waals surface area contributed by atoms with Gasteiger partial charge in [0.25, 0.3) is 0 Å². The van der Waals surface area contributed by atoms with Crippen molar-refractivity contribution in [1.82, 2.24) is 30.4 Å². The van der Waals surface area contributed by atoms with Gasteiger partial charge in [0.15, 0.2) is 5.65 Å². The van der Waals surface area contributed by atoms with Gasteiger partial charge < -0.3 is 5.11 Å². The Balaban J connectivity index is 0.000000806. The van der Waals surface area contributed by atoms with Crippen LogP contribution in [0.5, 0.6) is 0 Å². The van der Waals surface area contributed by atoms with Crippen LogP contribution in [-0.2, 0) is 11.3 Å². The second kappa shape index (κ2) is 9.66. The van der Waals surface area contributed by atoms with E-state index in [4.69, 9.17) is 5.11 Å². The van der Waals surface area contributed by atoms with Crippen LogP contribution in [0.2, 0.25) is 0 Å². The first-order chi connectivity index (χ1) is 14.5. The van der Waals surface area contributed by atoms with Gasteiger partial charge in [0.2, 0.25) is 5.91 Å². The average Bonchev–Trinajstić information content (AvgIpc) is 3.14. The molecule has 0 aliphatic carbocycles. The lowest BCUT2D eigenvalue weighted by molar-refractivity contribution is -0.118. The van der Waals surface area contributed by atoms with E-state index in [0.717, 1.165) is 16.5 Å². The summed E-state index contributed by atoms with van der Waals surface area (Å²) in [7, 11) is 0. The van der Waals surface area contributed by atoms with Crippen molar-refractivity contribution < 1.29 is 9.90 Å². The van der Waals surface area contributed by atoms with E-state index < -0.39 is 0 Å². The molecule has 2 N–H and O–H groups in total. The molecule has 0 radical (unpaired) electrons. The topological polar surface area (TPSA) is 118 Å². The summed E-state index contributed by atoms with van der Waals surface area (Å²) >= 11 is 0. The van der Waals surface area contributed by atoms with E-state index in [-0.39, 0.29) is 12.5 Å². The Labute approximate surface area is 173 Å². The van der Waals surface area contributed by atoms with Gasteiger partial charge in [-0.25, -0.2) is 15.1 Å². The molecule has 1 amide bonds. The summed E-state index contributed by atoms with van der Waals surface area (Å²) in [4.78, 5) is 20.0. The van der Waals surface area contributed by atoms with Crippen molar-refractivity contribution in [3.63, 3.8) is 0 Å². The van der Waals surface area contributed by atoms with E-state index in [2.05, 4.69) is 36.9 Å². The quantitative estimate of drug-likeness (QED) is 0.397. The number of nitrogens with zero attached hydrogens (tertiary/aromatic N) is 6. The van der Waals surface area contributed by atoms with Gasteiger partial charge in [0, 0.05) is 25.1 Å². The Morgan fingerprint density at radius 2 is 1.93 bits per heavy atom. The van der Waals surface area contributed by atoms with Gasteiger partial charge >= 0.3 is 0 Å². The number of carbonyl (C=O) groups is 1. The molecule has 3 aromatic heterocycles. The standard InChI is InChI=1S/C19H17N7O.C2H6O/c1-12(22-23-13(2)27)16-7-8-18-19(21-16)26(25-24-18)11-14-5-6-17-15(10-14)4-3-9-20-17;1-2-3/h3-10H,11H2,1-2H3,(H,23,27);3H,2H2,1H3. The summed E-state index contributed by atoms with van der Waals surface area (Å²) in [6.07, 6.45) is 1.78. The van der Waals surface area contributed by atoms with Crippen molar-refractivity contribution in [3.8, 4) is 0 Å². The second-order valence-corrected chi connectivity index (χ2v) is 6.50. The molecule has 154 valence electrons. The van der Waals surface area contributed by atoms with Crippen LogP contribution < -0.4 is 5.43 Å². The molecule has 4 rings (SSSR count). The van der Waals surface area contributed by atoms with Crippen molar-refractivity contribution in [2.75, 3.05) is 6.61 Å². The number of hydrazone groups is 1. The second-order valence-electron chi connectivity index (χ2n) is 6.50. The number of amides is 1. The molecule has 0 saturated carbocycles. The Morgan fingerprint density at radius 1 is 1.17 bits per heavy atom. The lowest BCUT2D eigenvalue weighted by Gasteiger charge is -2.05. The maximum atomic E-state index is 11.0. The maximum absolute atomic E-state index is 11.0. The van der Waals surface area contributed by atoms with Gasteiger partial charge in [-0.2, -0.15) is 5.10 Å². The van der Waals surface area contributed by atoms with E-state index in [9.17, 15) is 4.79 Å². The zero-order chi connectivity index (χ0) is 21.5. The zero-order valence-electron chi connectivity index (χ0n) is 17.1. The van der Waals surface area contributed by atoms with Crippen molar-refractivity contribution >= 4 is 33.7 Å². The van der Waals surface area contributed by atoms with Crippen molar-refractivity contribution in [2.45, 2.75) is 27.3 Å². The molecule has 30 heavy (non-hydrogen) atoms. The number of benzene rings is 1. The zero-order valence-corrected chi connectivity index (χ0v) is 17.1. The summed E-state index contributed by atoms with van der Waals surface area (Å²) in [5, 5.41) is 21.1. The minimum Gasteiger partial charge on any atom is -0.397 e. The number of nitrogens with one attached hydrogen (secondary N) is 1. The third kappa shape index (κ3) is 5.00. The van der Waals surface area contributed by atoms with Crippen molar-refractivity contribution in [1.29, 1.82) is 0 Å². The predicted molar refractivity (Wildman–Crippen MR) is 115 cm³/mol. The van der Waals surface area contributed by atoms with Crippen molar-refractivity contribution in [2.24, 2.45) is 5.10 Å². The van der Waals surface area contributed by atoms with Gasteiger partial charge in [-0.3, -0.25) is 9.78 Å². The van der Waals surface area contributed by atoms with Crippen LogP contribution in [0, 0.1) is 0 Å². The minimum absolute atomic E-state index is 0.229. The molecule has 0 fully saturated rings. The van der Waals surface area contributed by atoms with Gasteiger partial charge in [0.1, 0.15) is 5.52 Å². The Kier molecular flexibility index (Phi) is 6.76. The van der Waals surface area contributed by atoms with Crippen LogP contribution in [0.1, 0.15) is 32.0 Å². The van der Waals surface area contributed by atoms with Crippen LogP contribution in [0.3, 0.4) is 0 Å². The summed E-state index contributed by atoms with van der Waals surface area (Å²) in [5.41, 5.74) is 7.09. The van der Waals surface area contributed by atoms with E-state index in [0.29, 0.717) is 29.1 Å². The number of aromatic nitrogens is 5. The molecule has 0 unspecified atom stereocenters. The van der Waals surface area contributed by atoms with Crippen LogP contribution in [0.25, 0.3) is 22.1 Å². The molecular formula is C21H23N7O2. The maximum Gasteiger partial charge on any atom is 0.236 e. The number of hydrogen-bond acceptors (Lipinski definition) is 7. The SMILES string of the molecule is CC(=O)NN=C(C)c1ccc2nnn(Cc3ccc4ncccc4c3)c2n1.CCO. The number of fused-ring (bicyclic) bond motifs is 2. The number of pyridine rings is 2. The molecule has 0 saturated heterocycles. The van der Waals surface area contributed by atoms with E-state index >= 15 is 0 Å². The predicted octanol–water partition coefficient (Wildman–Crippen LogP) is 2.28. The fourth-order valence-corrected chi connectivity index (χ4v) is 2.78. The van der Waals surface area contributed by atoms with Gasteiger partial charge in [-0.05, 0) is 49.7 Å². The molecule has 1 aromatic carbocycles. The molecule has 9 nitrogen and oxygen atoms in total. The Bertz CT molecular complexity index is 1200. The van der Waals surface area contributed by atoms with Crippen LogP contribution in [0.4, 0.5) is 0 Å². The molecule has 0 aliphatic heterocycles. The molecule has 0 bridgehead atoms.